The Labute approximate surface area is 105 Å². The second-order valence-corrected chi connectivity index (χ2v) is 5.54. The van der Waals surface area contributed by atoms with Gasteiger partial charge in [0, 0.05) is 6.04 Å². The molecule has 1 rings (SSSR count). The van der Waals surface area contributed by atoms with Gasteiger partial charge in [0.15, 0.2) is 0 Å². The van der Waals surface area contributed by atoms with E-state index in [9.17, 15) is 4.79 Å². The Morgan fingerprint density at radius 3 is 2.41 bits per heavy atom. The second kappa shape index (κ2) is 6.97. The topological polar surface area (TPSA) is 58.4 Å². The predicted octanol–water partition coefficient (Wildman–Crippen LogP) is 1.66. The van der Waals surface area contributed by atoms with E-state index in [1.807, 2.05) is 6.92 Å². The van der Waals surface area contributed by atoms with Gasteiger partial charge in [-0.25, -0.2) is 5.84 Å². The Bertz CT molecular complexity index is 237. The molecule has 1 aliphatic rings. The van der Waals surface area contributed by atoms with E-state index in [0.29, 0.717) is 12.0 Å². The third-order valence-corrected chi connectivity index (χ3v) is 3.78. The zero-order chi connectivity index (χ0) is 12.8. The van der Waals surface area contributed by atoms with Gasteiger partial charge in [-0.2, -0.15) is 0 Å². The van der Waals surface area contributed by atoms with Crippen LogP contribution in [0.25, 0.3) is 0 Å². The summed E-state index contributed by atoms with van der Waals surface area (Å²) in [6, 6.07) is 0.461. The van der Waals surface area contributed by atoms with Crippen molar-refractivity contribution in [3.63, 3.8) is 0 Å². The Morgan fingerprint density at radius 2 is 1.94 bits per heavy atom. The van der Waals surface area contributed by atoms with Crippen molar-refractivity contribution in [2.45, 2.75) is 65.0 Å². The van der Waals surface area contributed by atoms with Gasteiger partial charge in [-0.05, 0) is 38.6 Å². The number of carbonyl (C=O) groups excluding carboxylic acids is 1. The molecular weight excluding hydrogens is 214 g/mol. The fraction of sp³-hybridized carbons (Fsp3) is 0.923. The van der Waals surface area contributed by atoms with Gasteiger partial charge in [0.25, 0.3) is 5.91 Å². The van der Waals surface area contributed by atoms with Crippen LogP contribution < -0.4 is 11.3 Å². The van der Waals surface area contributed by atoms with E-state index >= 15 is 0 Å². The molecule has 4 nitrogen and oxygen atoms in total. The van der Waals surface area contributed by atoms with Crippen molar-refractivity contribution in [3.05, 3.63) is 0 Å². The van der Waals surface area contributed by atoms with Crippen LogP contribution in [0.1, 0.15) is 52.9 Å². The molecule has 0 aliphatic heterocycles. The molecule has 17 heavy (non-hydrogen) atoms. The maximum absolute atomic E-state index is 11.7. The van der Waals surface area contributed by atoms with Crippen LogP contribution in [-0.4, -0.2) is 29.4 Å². The Balaban J connectivity index is 2.59. The molecule has 1 amide bonds. The van der Waals surface area contributed by atoms with Crippen LogP contribution in [-0.2, 0) is 4.79 Å². The summed E-state index contributed by atoms with van der Waals surface area (Å²) >= 11 is 0. The number of carbonyl (C=O) groups is 1. The Kier molecular flexibility index (Phi) is 5.92. The zero-order valence-corrected chi connectivity index (χ0v) is 11.4. The van der Waals surface area contributed by atoms with Crippen LogP contribution in [0.2, 0.25) is 0 Å². The number of hydrazine groups is 1. The zero-order valence-electron chi connectivity index (χ0n) is 11.4. The number of hydrogen-bond donors (Lipinski definition) is 2. The van der Waals surface area contributed by atoms with Crippen LogP contribution in [0.3, 0.4) is 0 Å². The normalized spacial score (nSPS) is 18.9. The fourth-order valence-corrected chi connectivity index (χ4v) is 2.61. The molecule has 0 aromatic carbocycles. The van der Waals surface area contributed by atoms with Gasteiger partial charge in [0.2, 0.25) is 0 Å². The number of rotatable bonds is 6. The lowest BCUT2D eigenvalue weighted by Crippen LogP contribution is -2.51. The largest absolute Gasteiger partial charge is 0.293 e. The van der Waals surface area contributed by atoms with Crippen molar-refractivity contribution >= 4 is 5.91 Å². The van der Waals surface area contributed by atoms with E-state index in [-0.39, 0.29) is 11.9 Å². The maximum Gasteiger partial charge on any atom is 0.250 e. The summed E-state index contributed by atoms with van der Waals surface area (Å²) in [6.45, 7) is 7.40. The third-order valence-electron chi connectivity index (χ3n) is 3.78. The van der Waals surface area contributed by atoms with Crippen LogP contribution >= 0.6 is 0 Å². The van der Waals surface area contributed by atoms with Gasteiger partial charge in [-0.15, -0.1) is 0 Å². The molecule has 0 radical (unpaired) electrons. The van der Waals surface area contributed by atoms with Crippen molar-refractivity contribution in [3.8, 4) is 0 Å². The average Bonchev–Trinajstić information content (AvgIpc) is 2.81. The monoisotopic (exact) mass is 241 g/mol. The van der Waals surface area contributed by atoms with E-state index in [1.165, 1.54) is 25.7 Å². The number of amides is 1. The molecule has 1 saturated carbocycles. The molecular formula is C13H27N3O. The van der Waals surface area contributed by atoms with Crippen molar-refractivity contribution in [2.75, 3.05) is 6.54 Å². The third kappa shape index (κ3) is 4.28. The van der Waals surface area contributed by atoms with Gasteiger partial charge < -0.3 is 0 Å². The molecule has 1 aliphatic carbocycles. The first-order valence-corrected chi connectivity index (χ1v) is 6.82. The van der Waals surface area contributed by atoms with Gasteiger partial charge >= 0.3 is 0 Å². The van der Waals surface area contributed by atoms with Crippen molar-refractivity contribution in [2.24, 2.45) is 11.8 Å². The van der Waals surface area contributed by atoms with Crippen molar-refractivity contribution < 1.29 is 4.79 Å². The lowest BCUT2D eigenvalue weighted by atomic mass is 10.1. The first-order valence-electron chi connectivity index (χ1n) is 6.82. The minimum atomic E-state index is -0.109. The van der Waals surface area contributed by atoms with Crippen LogP contribution in [0.5, 0.6) is 0 Å². The second-order valence-electron chi connectivity index (χ2n) is 5.54. The summed E-state index contributed by atoms with van der Waals surface area (Å²) in [5.74, 6) is 5.84. The Hall–Kier alpha value is -0.610. The van der Waals surface area contributed by atoms with E-state index in [4.69, 9.17) is 5.84 Å². The molecule has 1 fully saturated rings. The highest BCUT2D eigenvalue weighted by molar-refractivity contribution is 5.80. The fourth-order valence-electron chi connectivity index (χ4n) is 2.61. The number of hydrogen-bond acceptors (Lipinski definition) is 3. The molecule has 100 valence electrons. The molecule has 1 unspecified atom stereocenters. The smallest absolute Gasteiger partial charge is 0.250 e. The molecule has 0 aromatic heterocycles. The molecule has 0 heterocycles. The van der Waals surface area contributed by atoms with Gasteiger partial charge in [0.1, 0.15) is 0 Å². The molecule has 0 bridgehead atoms. The molecule has 0 saturated heterocycles. The summed E-state index contributed by atoms with van der Waals surface area (Å²) in [5, 5.41) is 0. The minimum Gasteiger partial charge on any atom is -0.293 e. The summed E-state index contributed by atoms with van der Waals surface area (Å²) in [6.07, 6.45) is 6.17. The molecule has 0 spiro atoms. The van der Waals surface area contributed by atoms with Crippen LogP contribution in [0.4, 0.5) is 0 Å². The quantitative estimate of drug-likeness (QED) is 0.422. The van der Waals surface area contributed by atoms with Crippen LogP contribution in [0.15, 0.2) is 0 Å². The minimum absolute atomic E-state index is 0.0688. The SMILES string of the molecule is CC(C)CCN(C1CCCC1)C(C)C(=O)NN. The van der Waals surface area contributed by atoms with Crippen molar-refractivity contribution in [1.29, 1.82) is 0 Å². The van der Waals surface area contributed by atoms with Gasteiger partial charge in [-0.1, -0.05) is 26.7 Å². The number of nitrogens with zero attached hydrogens (tertiary/aromatic N) is 1. The average molecular weight is 241 g/mol. The van der Waals surface area contributed by atoms with E-state index in [0.717, 1.165) is 13.0 Å². The summed E-state index contributed by atoms with van der Waals surface area (Å²) in [5.41, 5.74) is 2.28. The highest BCUT2D eigenvalue weighted by atomic mass is 16.2. The predicted molar refractivity (Wildman–Crippen MR) is 70.2 cm³/mol. The molecule has 0 aromatic rings. The highest BCUT2D eigenvalue weighted by Crippen LogP contribution is 2.25. The summed E-state index contributed by atoms with van der Waals surface area (Å²) in [4.78, 5) is 14.0. The summed E-state index contributed by atoms with van der Waals surface area (Å²) in [7, 11) is 0. The first-order chi connectivity index (χ1) is 8.06. The van der Waals surface area contributed by atoms with Crippen molar-refractivity contribution in [1.82, 2.24) is 10.3 Å². The standard InChI is InChI=1S/C13H27N3O/c1-10(2)8-9-16(11(3)13(17)15-14)12-6-4-5-7-12/h10-12H,4-9,14H2,1-3H3,(H,15,17). The van der Waals surface area contributed by atoms with Gasteiger partial charge in [0.05, 0.1) is 6.04 Å². The Morgan fingerprint density at radius 1 is 1.35 bits per heavy atom. The molecule has 4 heteroatoms. The molecule has 3 N–H and O–H groups in total. The highest BCUT2D eigenvalue weighted by Gasteiger charge is 2.29. The van der Waals surface area contributed by atoms with E-state index < -0.39 is 0 Å². The van der Waals surface area contributed by atoms with E-state index in [1.54, 1.807) is 0 Å². The summed E-state index contributed by atoms with van der Waals surface area (Å²) < 4.78 is 0. The number of nitrogens with one attached hydrogen (secondary N) is 1. The van der Waals surface area contributed by atoms with Gasteiger partial charge in [-0.3, -0.25) is 15.1 Å². The maximum atomic E-state index is 11.7. The van der Waals surface area contributed by atoms with E-state index in [2.05, 4.69) is 24.2 Å². The lowest BCUT2D eigenvalue weighted by molar-refractivity contribution is -0.126. The number of nitrogens with two attached hydrogens (primary N) is 1. The first kappa shape index (κ1) is 14.5. The molecule has 1 atom stereocenters. The lowest BCUT2D eigenvalue weighted by Gasteiger charge is -2.33. The van der Waals surface area contributed by atoms with Crippen LogP contribution in [0, 0.1) is 5.92 Å².